The van der Waals surface area contributed by atoms with E-state index in [9.17, 15) is 4.79 Å². The van der Waals surface area contributed by atoms with Crippen LogP contribution in [0.2, 0.25) is 0 Å². The summed E-state index contributed by atoms with van der Waals surface area (Å²) in [6.07, 6.45) is 3.42. The maximum atomic E-state index is 11.8. The number of amides is 1. The van der Waals surface area contributed by atoms with E-state index in [0.717, 1.165) is 15.7 Å². The molecule has 0 saturated heterocycles. The molecule has 1 aromatic heterocycles. The van der Waals surface area contributed by atoms with E-state index >= 15 is 0 Å². The standard InChI is InChI=1S/C13H14BrN3O/c1-9-3-4-12(10(2)5-9)16-13(18)8-17-7-11(14)6-15-17/h3-7H,8H2,1-2H3,(H,16,18). The van der Waals surface area contributed by atoms with Crippen LogP contribution in [0.15, 0.2) is 35.1 Å². The maximum Gasteiger partial charge on any atom is 0.246 e. The van der Waals surface area contributed by atoms with Crippen molar-refractivity contribution in [3.8, 4) is 0 Å². The van der Waals surface area contributed by atoms with Gasteiger partial charge in [-0.3, -0.25) is 9.48 Å². The summed E-state index contributed by atoms with van der Waals surface area (Å²) in [5.41, 5.74) is 3.09. The molecule has 0 spiro atoms. The van der Waals surface area contributed by atoms with Gasteiger partial charge in [-0.05, 0) is 41.4 Å². The van der Waals surface area contributed by atoms with Gasteiger partial charge in [-0.1, -0.05) is 17.7 Å². The van der Waals surface area contributed by atoms with Crippen LogP contribution in [0.4, 0.5) is 5.69 Å². The minimum atomic E-state index is -0.0856. The van der Waals surface area contributed by atoms with Gasteiger partial charge in [0.2, 0.25) is 5.91 Å². The number of carbonyl (C=O) groups is 1. The smallest absolute Gasteiger partial charge is 0.246 e. The fourth-order valence-corrected chi connectivity index (χ4v) is 2.04. The molecular formula is C13H14BrN3O. The molecule has 18 heavy (non-hydrogen) atoms. The van der Waals surface area contributed by atoms with Gasteiger partial charge in [0.25, 0.3) is 0 Å². The highest BCUT2D eigenvalue weighted by Crippen LogP contribution is 2.16. The minimum Gasteiger partial charge on any atom is -0.324 e. The Kier molecular flexibility index (Phi) is 3.81. The normalized spacial score (nSPS) is 10.4. The molecule has 2 aromatic rings. The van der Waals surface area contributed by atoms with E-state index in [1.165, 1.54) is 5.56 Å². The number of nitrogens with zero attached hydrogens (tertiary/aromatic N) is 2. The highest BCUT2D eigenvalue weighted by atomic mass is 79.9. The van der Waals surface area contributed by atoms with E-state index in [1.54, 1.807) is 17.1 Å². The Morgan fingerprint density at radius 2 is 2.22 bits per heavy atom. The zero-order valence-electron chi connectivity index (χ0n) is 10.3. The Hall–Kier alpha value is -1.62. The van der Waals surface area contributed by atoms with Crippen molar-refractivity contribution in [3.63, 3.8) is 0 Å². The molecule has 0 fully saturated rings. The SMILES string of the molecule is Cc1ccc(NC(=O)Cn2cc(Br)cn2)c(C)c1. The summed E-state index contributed by atoms with van der Waals surface area (Å²) in [6, 6.07) is 5.94. The molecular weight excluding hydrogens is 294 g/mol. The van der Waals surface area contributed by atoms with E-state index in [1.807, 2.05) is 32.0 Å². The van der Waals surface area contributed by atoms with Gasteiger partial charge < -0.3 is 5.32 Å². The molecule has 2 rings (SSSR count). The number of aromatic nitrogens is 2. The molecule has 0 bridgehead atoms. The van der Waals surface area contributed by atoms with E-state index in [2.05, 4.69) is 26.3 Å². The van der Waals surface area contributed by atoms with Gasteiger partial charge in [0.05, 0.1) is 10.7 Å². The van der Waals surface area contributed by atoms with Crippen LogP contribution >= 0.6 is 15.9 Å². The summed E-state index contributed by atoms with van der Waals surface area (Å²) >= 11 is 3.29. The highest BCUT2D eigenvalue weighted by Gasteiger charge is 2.06. The van der Waals surface area contributed by atoms with Gasteiger partial charge in [-0.15, -0.1) is 0 Å². The Bertz CT molecular complexity index is 577. The molecule has 0 unspecified atom stereocenters. The predicted molar refractivity (Wildman–Crippen MR) is 74.5 cm³/mol. The first-order valence-electron chi connectivity index (χ1n) is 5.59. The van der Waals surface area contributed by atoms with Crippen molar-refractivity contribution < 1.29 is 4.79 Å². The Morgan fingerprint density at radius 3 is 2.83 bits per heavy atom. The number of benzene rings is 1. The summed E-state index contributed by atoms with van der Waals surface area (Å²) in [6.45, 7) is 4.21. The van der Waals surface area contributed by atoms with Gasteiger partial charge in [-0.2, -0.15) is 5.10 Å². The average molecular weight is 308 g/mol. The van der Waals surface area contributed by atoms with Crippen molar-refractivity contribution >= 4 is 27.5 Å². The first kappa shape index (κ1) is 12.8. The quantitative estimate of drug-likeness (QED) is 0.947. The molecule has 1 N–H and O–H groups in total. The molecule has 0 aliphatic heterocycles. The number of hydrogen-bond acceptors (Lipinski definition) is 2. The summed E-state index contributed by atoms with van der Waals surface area (Å²) in [7, 11) is 0. The van der Waals surface area contributed by atoms with Crippen molar-refractivity contribution in [1.82, 2.24) is 9.78 Å². The van der Waals surface area contributed by atoms with E-state index in [-0.39, 0.29) is 12.5 Å². The molecule has 4 nitrogen and oxygen atoms in total. The second-order valence-corrected chi connectivity index (χ2v) is 5.14. The van der Waals surface area contributed by atoms with Crippen LogP contribution in [0.1, 0.15) is 11.1 Å². The molecule has 94 valence electrons. The highest BCUT2D eigenvalue weighted by molar-refractivity contribution is 9.10. The molecule has 0 aliphatic rings. The summed E-state index contributed by atoms with van der Waals surface area (Å²) < 4.78 is 2.45. The van der Waals surface area contributed by atoms with Gasteiger partial charge >= 0.3 is 0 Å². The van der Waals surface area contributed by atoms with Crippen LogP contribution in [0.3, 0.4) is 0 Å². The predicted octanol–water partition coefficient (Wildman–Crippen LogP) is 2.90. The van der Waals surface area contributed by atoms with Crippen LogP contribution in [-0.4, -0.2) is 15.7 Å². The molecule has 0 saturated carbocycles. The number of aryl methyl sites for hydroxylation is 2. The van der Waals surface area contributed by atoms with Gasteiger partial charge in [0.15, 0.2) is 0 Å². The van der Waals surface area contributed by atoms with E-state index < -0.39 is 0 Å². The van der Waals surface area contributed by atoms with Crippen molar-refractivity contribution in [2.24, 2.45) is 0 Å². The third kappa shape index (κ3) is 3.20. The van der Waals surface area contributed by atoms with Crippen molar-refractivity contribution in [2.75, 3.05) is 5.32 Å². The number of carbonyl (C=O) groups excluding carboxylic acids is 1. The molecule has 0 atom stereocenters. The van der Waals surface area contributed by atoms with E-state index in [4.69, 9.17) is 0 Å². The van der Waals surface area contributed by atoms with Crippen molar-refractivity contribution in [1.29, 1.82) is 0 Å². The topological polar surface area (TPSA) is 46.9 Å². The third-order valence-corrected chi connectivity index (χ3v) is 2.97. The minimum absolute atomic E-state index is 0.0856. The van der Waals surface area contributed by atoms with Gasteiger partial charge in [-0.25, -0.2) is 0 Å². The lowest BCUT2D eigenvalue weighted by atomic mass is 10.1. The van der Waals surface area contributed by atoms with Crippen molar-refractivity contribution in [3.05, 3.63) is 46.2 Å². The fraction of sp³-hybridized carbons (Fsp3) is 0.231. The molecule has 5 heteroatoms. The first-order valence-corrected chi connectivity index (χ1v) is 6.39. The average Bonchev–Trinajstić information content (AvgIpc) is 2.68. The molecule has 1 heterocycles. The van der Waals surface area contributed by atoms with Crippen LogP contribution in [0, 0.1) is 13.8 Å². The largest absolute Gasteiger partial charge is 0.324 e. The summed E-state index contributed by atoms with van der Waals surface area (Å²) in [5, 5.41) is 6.92. The molecule has 1 aromatic carbocycles. The Labute approximate surface area is 114 Å². The van der Waals surface area contributed by atoms with Crippen LogP contribution in [0.5, 0.6) is 0 Å². The second-order valence-electron chi connectivity index (χ2n) is 4.22. The number of anilines is 1. The van der Waals surface area contributed by atoms with Crippen LogP contribution < -0.4 is 5.32 Å². The van der Waals surface area contributed by atoms with Crippen molar-refractivity contribution in [2.45, 2.75) is 20.4 Å². The second kappa shape index (κ2) is 5.35. The Morgan fingerprint density at radius 1 is 1.44 bits per heavy atom. The third-order valence-electron chi connectivity index (χ3n) is 2.56. The number of nitrogens with one attached hydrogen (secondary N) is 1. The van der Waals surface area contributed by atoms with Crippen LogP contribution in [0.25, 0.3) is 0 Å². The zero-order chi connectivity index (χ0) is 13.1. The first-order chi connectivity index (χ1) is 8.54. The Balaban J connectivity index is 2.03. The number of hydrogen-bond donors (Lipinski definition) is 1. The summed E-state index contributed by atoms with van der Waals surface area (Å²) in [5.74, 6) is -0.0856. The zero-order valence-corrected chi connectivity index (χ0v) is 11.9. The molecule has 0 aliphatic carbocycles. The molecule has 0 radical (unpaired) electrons. The lowest BCUT2D eigenvalue weighted by Gasteiger charge is -2.09. The monoisotopic (exact) mass is 307 g/mol. The lowest BCUT2D eigenvalue weighted by molar-refractivity contribution is -0.116. The van der Waals surface area contributed by atoms with E-state index in [0.29, 0.717) is 0 Å². The van der Waals surface area contributed by atoms with Gasteiger partial charge in [0, 0.05) is 11.9 Å². The maximum absolute atomic E-state index is 11.8. The molecule has 1 amide bonds. The summed E-state index contributed by atoms with van der Waals surface area (Å²) in [4.78, 5) is 11.8. The van der Waals surface area contributed by atoms with Crippen LogP contribution in [-0.2, 0) is 11.3 Å². The fourth-order valence-electron chi connectivity index (χ4n) is 1.72. The number of rotatable bonds is 3. The lowest BCUT2D eigenvalue weighted by Crippen LogP contribution is -2.19. The van der Waals surface area contributed by atoms with Gasteiger partial charge in [0.1, 0.15) is 6.54 Å². The number of halogens is 1.